The van der Waals surface area contributed by atoms with Gasteiger partial charge < -0.3 is 19.6 Å². The van der Waals surface area contributed by atoms with E-state index >= 15 is 0 Å². The molecule has 0 aliphatic rings. The Balaban J connectivity index is 2.02. The molecule has 0 aliphatic carbocycles. The van der Waals surface area contributed by atoms with E-state index in [1.165, 1.54) is 0 Å². The lowest BCUT2D eigenvalue weighted by molar-refractivity contribution is 0.235. The van der Waals surface area contributed by atoms with Crippen molar-refractivity contribution in [2.75, 3.05) is 0 Å². The van der Waals surface area contributed by atoms with Crippen molar-refractivity contribution >= 4 is 26.8 Å². The maximum absolute atomic E-state index is 12.2. The third kappa shape index (κ3) is 3.18. The topological polar surface area (TPSA) is 86.5 Å². The summed E-state index contributed by atoms with van der Waals surface area (Å²) in [5, 5.41) is 20.9. The number of benzene rings is 2. The number of hydrogen-bond acceptors (Lipinski definition) is 4. The van der Waals surface area contributed by atoms with Crippen molar-refractivity contribution in [1.82, 2.24) is 4.98 Å². The van der Waals surface area contributed by atoms with Gasteiger partial charge in [-0.15, -0.1) is 0 Å². The van der Waals surface area contributed by atoms with Gasteiger partial charge >= 0.3 is 0 Å². The fraction of sp³-hybridized carbons (Fsp3) is 0.0952. The van der Waals surface area contributed by atoms with Crippen LogP contribution in [0.2, 0.25) is 0 Å². The van der Waals surface area contributed by atoms with Crippen molar-refractivity contribution in [3.63, 3.8) is 0 Å². The van der Waals surface area contributed by atoms with Crippen LogP contribution in [0.4, 0.5) is 0 Å². The summed E-state index contributed by atoms with van der Waals surface area (Å²) in [4.78, 5) is 15.4. The number of hydrogen-bond donors (Lipinski definition) is 3. The van der Waals surface area contributed by atoms with Crippen molar-refractivity contribution in [2.24, 2.45) is 0 Å². The number of aromatic hydroxyl groups is 1. The molecule has 5 nitrogen and oxygen atoms in total. The first-order valence-electron chi connectivity index (χ1n) is 8.36. The van der Waals surface area contributed by atoms with E-state index in [0.29, 0.717) is 0 Å². The Kier molecular flexibility index (Phi) is 4.59. The molecule has 2 aromatic heterocycles. The second-order valence-corrected chi connectivity index (χ2v) is 7.14. The summed E-state index contributed by atoms with van der Waals surface area (Å²) in [7, 11) is 0. The van der Waals surface area contributed by atoms with Gasteiger partial charge in [0.1, 0.15) is 12.4 Å². The molecule has 0 bridgehead atoms. The van der Waals surface area contributed by atoms with Crippen LogP contribution in [0, 0.1) is 0 Å². The minimum absolute atomic E-state index is 0.106. The van der Waals surface area contributed by atoms with Gasteiger partial charge in [-0.25, -0.2) is 0 Å². The number of halogens is 1. The van der Waals surface area contributed by atoms with E-state index in [9.17, 15) is 15.0 Å². The summed E-state index contributed by atoms with van der Waals surface area (Å²) in [5.41, 5.74) is 2.06. The Morgan fingerprint density at radius 1 is 1.11 bits per heavy atom. The third-order valence-electron chi connectivity index (χ3n) is 4.55. The molecule has 0 spiro atoms. The van der Waals surface area contributed by atoms with Gasteiger partial charge in [0.2, 0.25) is 11.2 Å². The molecule has 3 N–H and O–H groups in total. The SMILES string of the molecule is O=c1cc(CO)oc(C(c2ccc(Br)cc2)c2c[nH]c3ccccc23)c1O. The van der Waals surface area contributed by atoms with E-state index in [-0.39, 0.29) is 11.5 Å². The smallest absolute Gasteiger partial charge is 0.227 e. The summed E-state index contributed by atoms with van der Waals surface area (Å²) < 4.78 is 6.65. The van der Waals surface area contributed by atoms with Crippen molar-refractivity contribution < 1.29 is 14.6 Å². The molecule has 27 heavy (non-hydrogen) atoms. The van der Waals surface area contributed by atoms with Gasteiger partial charge in [0.15, 0.2) is 5.76 Å². The molecule has 0 amide bonds. The van der Waals surface area contributed by atoms with Crippen molar-refractivity contribution in [2.45, 2.75) is 12.5 Å². The van der Waals surface area contributed by atoms with Crippen LogP contribution in [-0.2, 0) is 6.61 Å². The molecule has 6 heteroatoms. The Morgan fingerprint density at radius 3 is 2.59 bits per heavy atom. The van der Waals surface area contributed by atoms with E-state index in [4.69, 9.17) is 4.42 Å². The largest absolute Gasteiger partial charge is 0.502 e. The predicted molar refractivity (Wildman–Crippen MR) is 106 cm³/mol. The molecule has 4 aromatic rings. The second kappa shape index (κ2) is 7.06. The lowest BCUT2D eigenvalue weighted by Gasteiger charge is -2.18. The average molecular weight is 426 g/mol. The summed E-state index contributed by atoms with van der Waals surface area (Å²) in [6.45, 7) is -0.427. The zero-order valence-corrected chi connectivity index (χ0v) is 15.7. The van der Waals surface area contributed by atoms with Gasteiger partial charge in [-0.1, -0.05) is 46.3 Å². The Hall–Kier alpha value is -2.83. The fourth-order valence-electron chi connectivity index (χ4n) is 3.29. The predicted octanol–water partition coefficient (Wildman–Crippen LogP) is 4.26. The zero-order chi connectivity index (χ0) is 19.0. The van der Waals surface area contributed by atoms with Gasteiger partial charge in [-0.3, -0.25) is 4.79 Å². The maximum atomic E-state index is 12.2. The average Bonchev–Trinajstić information content (AvgIpc) is 3.10. The Labute approximate surface area is 163 Å². The molecule has 0 saturated carbocycles. The first kappa shape index (κ1) is 17.6. The maximum Gasteiger partial charge on any atom is 0.227 e. The number of nitrogens with one attached hydrogen (secondary N) is 1. The molecule has 1 atom stereocenters. The van der Waals surface area contributed by atoms with Crippen LogP contribution >= 0.6 is 15.9 Å². The monoisotopic (exact) mass is 425 g/mol. The van der Waals surface area contributed by atoms with Crippen LogP contribution in [0.3, 0.4) is 0 Å². The van der Waals surface area contributed by atoms with Crippen LogP contribution in [0.15, 0.2) is 74.5 Å². The van der Waals surface area contributed by atoms with E-state index in [1.54, 1.807) is 0 Å². The van der Waals surface area contributed by atoms with Gasteiger partial charge in [-0.05, 0) is 29.3 Å². The summed E-state index contributed by atoms with van der Waals surface area (Å²) in [6, 6.07) is 16.5. The number of fused-ring (bicyclic) bond motifs is 1. The molecule has 4 rings (SSSR count). The van der Waals surface area contributed by atoms with Crippen LogP contribution in [0.1, 0.15) is 28.6 Å². The standard InChI is InChI=1S/C21H16BrNO4/c22-13-7-5-12(6-8-13)19(16-10-23-17-4-2-1-3-15(16)17)21-20(26)18(25)9-14(11-24)27-21/h1-10,19,23-24,26H,11H2. The molecule has 0 aliphatic heterocycles. The van der Waals surface area contributed by atoms with Gasteiger partial charge in [0.25, 0.3) is 0 Å². The lowest BCUT2D eigenvalue weighted by atomic mass is 9.88. The van der Waals surface area contributed by atoms with Crippen molar-refractivity contribution in [3.05, 3.63) is 98.1 Å². The van der Waals surface area contributed by atoms with Crippen LogP contribution in [0.5, 0.6) is 5.75 Å². The zero-order valence-electron chi connectivity index (χ0n) is 14.1. The summed E-state index contributed by atoms with van der Waals surface area (Å²) in [6.07, 6.45) is 1.85. The van der Waals surface area contributed by atoms with Gasteiger partial charge in [0, 0.05) is 27.6 Å². The number of aromatic amines is 1. The highest BCUT2D eigenvalue weighted by molar-refractivity contribution is 9.10. The highest BCUT2D eigenvalue weighted by atomic mass is 79.9. The number of para-hydroxylation sites is 1. The minimum Gasteiger partial charge on any atom is -0.502 e. The molecular weight excluding hydrogens is 410 g/mol. The number of rotatable bonds is 4. The van der Waals surface area contributed by atoms with Crippen LogP contribution < -0.4 is 5.43 Å². The lowest BCUT2D eigenvalue weighted by Crippen LogP contribution is -2.10. The fourth-order valence-corrected chi connectivity index (χ4v) is 3.55. The van der Waals surface area contributed by atoms with Gasteiger partial charge in [0.05, 0.1) is 5.92 Å². The van der Waals surface area contributed by atoms with Gasteiger partial charge in [-0.2, -0.15) is 0 Å². The highest BCUT2D eigenvalue weighted by Gasteiger charge is 2.27. The summed E-state index contributed by atoms with van der Waals surface area (Å²) >= 11 is 3.43. The first-order chi connectivity index (χ1) is 13.1. The number of aromatic nitrogens is 1. The van der Waals surface area contributed by atoms with Crippen LogP contribution in [0.25, 0.3) is 10.9 Å². The molecular formula is C21H16BrNO4. The van der Waals surface area contributed by atoms with E-state index in [0.717, 1.165) is 32.6 Å². The summed E-state index contributed by atoms with van der Waals surface area (Å²) in [5.74, 6) is -0.757. The second-order valence-electron chi connectivity index (χ2n) is 6.22. The number of aliphatic hydroxyl groups excluding tert-OH is 1. The first-order valence-corrected chi connectivity index (χ1v) is 9.16. The normalized spacial score (nSPS) is 12.4. The number of aliphatic hydroxyl groups is 1. The molecule has 0 fully saturated rings. The van der Waals surface area contributed by atoms with E-state index in [2.05, 4.69) is 20.9 Å². The Bertz CT molecular complexity index is 1160. The van der Waals surface area contributed by atoms with Crippen molar-refractivity contribution in [1.29, 1.82) is 0 Å². The molecule has 1 unspecified atom stereocenters. The molecule has 2 heterocycles. The molecule has 136 valence electrons. The van der Waals surface area contributed by atoms with Crippen LogP contribution in [-0.4, -0.2) is 15.2 Å². The number of H-pyrrole nitrogens is 1. The highest BCUT2D eigenvalue weighted by Crippen LogP contribution is 2.39. The van der Waals surface area contributed by atoms with E-state index in [1.807, 2.05) is 54.7 Å². The minimum atomic E-state index is -0.581. The molecule has 2 aromatic carbocycles. The molecule has 0 radical (unpaired) electrons. The van der Waals surface area contributed by atoms with Crippen molar-refractivity contribution in [3.8, 4) is 5.75 Å². The quantitative estimate of drug-likeness (QED) is 0.455. The molecule has 0 saturated heterocycles. The third-order valence-corrected chi connectivity index (χ3v) is 5.08. The van der Waals surface area contributed by atoms with E-state index < -0.39 is 23.7 Å². The Morgan fingerprint density at radius 2 is 1.85 bits per heavy atom.